The number of benzene rings is 1. The molecule has 0 aliphatic rings. The minimum Gasteiger partial charge on any atom is -0.358 e. The molecule has 0 aliphatic carbocycles. The molecular formula is C17H12BrClN4O. The van der Waals surface area contributed by atoms with Gasteiger partial charge in [0, 0.05) is 39.0 Å². The minimum atomic E-state index is 0.485. The summed E-state index contributed by atoms with van der Waals surface area (Å²) in [6.45, 7) is 2.04. The lowest BCUT2D eigenvalue weighted by atomic mass is 10.1. The Labute approximate surface area is 151 Å². The molecule has 5 nitrogen and oxygen atoms in total. The summed E-state index contributed by atoms with van der Waals surface area (Å²) < 4.78 is 6.44. The number of hydrogen-bond acceptors (Lipinski definition) is 4. The van der Waals surface area contributed by atoms with Crippen molar-refractivity contribution in [1.82, 2.24) is 20.1 Å². The van der Waals surface area contributed by atoms with E-state index in [1.165, 1.54) is 0 Å². The van der Waals surface area contributed by atoms with E-state index >= 15 is 0 Å². The Morgan fingerprint density at radius 2 is 2.12 bits per heavy atom. The average Bonchev–Trinajstić information content (AvgIpc) is 3.14. The van der Waals surface area contributed by atoms with E-state index in [0.29, 0.717) is 23.2 Å². The number of aryl methyl sites for hydroxylation is 1. The Morgan fingerprint density at radius 3 is 2.96 bits per heavy atom. The van der Waals surface area contributed by atoms with Crippen molar-refractivity contribution >= 4 is 38.4 Å². The maximum atomic E-state index is 5.96. The van der Waals surface area contributed by atoms with Gasteiger partial charge in [0.2, 0.25) is 11.7 Å². The fraction of sp³-hybridized carbons (Fsp3) is 0.118. The second-order valence-corrected chi connectivity index (χ2v) is 6.85. The van der Waals surface area contributed by atoms with Crippen molar-refractivity contribution in [2.45, 2.75) is 13.3 Å². The van der Waals surface area contributed by atoms with Crippen LogP contribution >= 0.6 is 27.5 Å². The van der Waals surface area contributed by atoms with Gasteiger partial charge in [-0.15, -0.1) is 0 Å². The van der Waals surface area contributed by atoms with Crippen molar-refractivity contribution in [1.29, 1.82) is 0 Å². The van der Waals surface area contributed by atoms with Gasteiger partial charge in [0.25, 0.3) is 0 Å². The zero-order valence-electron chi connectivity index (χ0n) is 12.7. The van der Waals surface area contributed by atoms with E-state index in [1.807, 2.05) is 19.1 Å². The molecule has 0 unspecified atom stereocenters. The number of nitrogens with one attached hydrogen (secondary N) is 1. The van der Waals surface area contributed by atoms with E-state index in [0.717, 1.165) is 32.2 Å². The second-order valence-electron chi connectivity index (χ2n) is 5.50. The van der Waals surface area contributed by atoms with Crippen molar-refractivity contribution < 1.29 is 4.52 Å². The Hall–Kier alpha value is -2.18. The minimum absolute atomic E-state index is 0.485. The van der Waals surface area contributed by atoms with Gasteiger partial charge in [0.1, 0.15) is 0 Å². The number of H-pyrrole nitrogens is 1. The highest BCUT2D eigenvalue weighted by molar-refractivity contribution is 9.10. The lowest BCUT2D eigenvalue weighted by Crippen LogP contribution is -1.90. The van der Waals surface area contributed by atoms with Gasteiger partial charge in [-0.2, -0.15) is 4.98 Å². The largest absolute Gasteiger partial charge is 0.358 e. The molecule has 1 N–H and O–H groups in total. The molecule has 0 radical (unpaired) electrons. The maximum absolute atomic E-state index is 5.96. The summed E-state index contributed by atoms with van der Waals surface area (Å²) in [5.74, 6) is 1.03. The standard InChI is InChI=1S/C17H12BrClN4O/c1-9-13(14-5-11(18)2-3-15(14)21-9)6-16-22-17(23-24-16)10-4-12(19)8-20-7-10/h2-5,7-8,21H,6H2,1H3. The summed E-state index contributed by atoms with van der Waals surface area (Å²) in [7, 11) is 0. The summed E-state index contributed by atoms with van der Waals surface area (Å²) in [5, 5.41) is 5.71. The van der Waals surface area contributed by atoms with E-state index in [1.54, 1.807) is 18.5 Å². The van der Waals surface area contributed by atoms with Gasteiger partial charge < -0.3 is 9.51 Å². The quantitative estimate of drug-likeness (QED) is 0.527. The molecule has 0 amide bonds. The average molecular weight is 404 g/mol. The van der Waals surface area contributed by atoms with Crippen molar-refractivity contribution in [3.8, 4) is 11.4 Å². The molecule has 1 aromatic carbocycles. The molecule has 0 atom stereocenters. The molecule has 0 aliphatic heterocycles. The zero-order valence-corrected chi connectivity index (χ0v) is 15.0. The van der Waals surface area contributed by atoms with Gasteiger partial charge in [0.15, 0.2) is 0 Å². The first-order valence-corrected chi connectivity index (χ1v) is 8.47. The number of rotatable bonds is 3. The third-order valence-electron chi connectivity index (χ3n) is 3.84. The Kier molecular flexibility index (Phi) is 3.86. The molecule has 0 saturated carbocycles. The van der Waals surface area contributed by atoms with Crippen LogP contribution < -0.4 is 0 Å². The van der Waals surface area contributed by atoms with Gasteiger partial charge in [-0.1, -0.05) is 32.7 Å². The van der Waals surface area contributed by atoms with Crippen molar-refractivity contribution in [2.24, 2.45) is 0 Å². The van der Waals surface area contributed by atoms with Crippen LogP contribution in [0.4, 0.5) is 0 Å². The summed E-state index contributed by atoms with van der Waals surface area (Å²) in [4.78, 5) is 11.9. The maximum Gasteiger partial charge on any atom is 0.231 e. The molecule has 7 heteroatoms. The van der Waals surface area contributed by atoms with E-state index in [-0.39, 0.29) is 0 Å². The van der Waals surface area contributed by atoms with Gasteiger partial charge in [0.05, 0.1) is 11.4 Å². The molecule has 4 aromatic rings. The van der Waals surface area contributed by atoms with Crippen molar-refractivity contribution in [2.75, 3.05) is 0 Å². The topological polar surface area (TPSA) is 67.6 Å². The molecule has 3 aromatic heterocycles. The molecule has 0 saturated heterocycles. The zero-order chi connectivity index (χ0) is 16.7. The first kappa shape index (κ1) is 15.4. The third kappa shape index (κ3) is 2.83. The lowest BCUT2D eigenvalue weighted by molar-refractivity contribution is 0.386. The third-order valence-corrected chi connectivity index (χ3v) is 4.54. The van der Waals surface area contributed by atoms with E-state index in [2.05, 4.69) is 42.1 Å². The predicted octanol–water partition coefficient (Wildman–Crippen LogP) is 4.93. The highest BCUT2D eigenvalue weighted by Gasteiger charge is 2.15. The number of aromatic amines is 1. The summed E-state index contributed by atoms with van der Waals surface area (Å²) in [5.41, 5.74) is 4.05. The van der Waals surface area contributed by atoms with Crippen LogP contribution in [0.3, 0.4) is 0 Å². The monoisotopic (exact) mass is 402 g/mol. The number of halogens is 2. The first-order chi connectivity index (χ1) is 11.6. The van der Waals surface area contributed by atoms with E-state index in [4.69, 9.17) is 16.1 Å². The van der Waals surface area contributed by atoms with Crippen molar-refractivity contribution in [3.05, 3.63) is 63.3 Å². The predicted molar refractivity (Wildman–Crippen MR) is 96.1 cm³/mol. The highest BCUT2D eigenvalue weighted by atomic mass is 79.9. The Balaban J connectivity index is 1.70. The highest BCUT2D eigenvalue weighted by Crippen LogP contribution is 2.28. The normalized spacial score (nSPS) is 11.3. The molecule has 0 bridgehead atoms. The fourth-order valence-corrected chi connectivity index (χ4v) is 3.25. The molecule has 0 spiro atoms. The van der Waals surface area contributed by atoms with Crippen LogP contribution in [0.2, 0.25) is 5.02 Å². The number of nitrogens with zero attached hydrogens (tertiary/aromatic N) is 3. The fourth-order valence-electron chi connectivity index (χ4n) is 2.71. The number of pyridine rings is 1. The van der Waals surface area contributed by atoms with Crippen LogP contribution in [0.25, 0.3) is 22.3 Å². The second kappa shape index (κ2) is 6.03. The summed E-state index contributed by atoms with van der Waals surface area (Å²) >= 11 is 9.48. The van der Waals surface area contributed by atoms with Crippen LogP contribution in [0.1, 0.15) is 17.1 Å². The number of fused-ring (bicyclic) bond motifs is 1. The van der Waals surface area contributed by atoms with Gasteiger partial charge >= 0.3 is 0 Å². The van der Waals surface area contributed by atoms with Gasteiger partial charge in [-0.25, -0.2) is 0 Å². The SMILES string of the molecule is Cc1[nH]c2ccc(Br)cc2c1Cc1nc(-c2cncc(Cl)c2)no1. The first-order valence-electron chi connectivity index (χ1n) is 7.30. The Morgan fingerprint density at radius 1 is 1.25 bits per heavy atom. The van der Waals surface area contributed by atoms with E-state index < -0.39 is 0 Å². The van der Waals surface area contributed by atoms with Crippen LogP contribution in [-0.4, -0.2) is 20.1 Å². The molecule has 0 fully saturated rings. The van der Waals surface area contributed by atoms with E-state index in [9.17, 15) is 0 Å². The van der Waals surface area contributed by atoms with Crippen LogP contribution in [0, 0.1) is 6.92 Å². The lowest BCUT2D eigenvalue weighted by Gasteiger charge is -1.98. The molecule has 120 valence electrons. The molecule has 3 heterocycles. The molecule has 24 heavy (non-hydrogen) atoms. The van der Waals surface area contributed by atoms with Gasteiger partial charge in [-0.05, 0) is 36.8 Å². The Bertz CT molecular complexity index is 1040. The summed E-state index contributed by atoms with van der Waals surface area (Å²) in [6, 6.07) is 7.91. The number of hydrogen-bond donors (Lipinski definition) is 1. The van der Waals surface area contributed by atoms with Crippen molar-refractivity contribution in [3.63, 3.8) is 0 Å². The van der Waals surface area contributed by atoms with Gasteiger partial charge in [-0.3, -0.25) is 4.98 Å². The molecular weight excluding hydrogens is 392 g/mol. The smallest absolute Gasteiger partial charge is 0.231 e. The molecule has 4 rings (SSSR count). The number of aromatic nitrogens is 4. The van der Waals surface area contributed by atoms with Crippen LogP contribution in [0.5, 0.6) is 0 Å². The summed E-state index contributed by atoms with van der Waals surface area (Å²) in [6.07, 6.45) is 3.79. The van der Waals surface area contributed by atoms with Crippen LogP contribution in [0.15, 0.2) is 45.7 Å². The van der Waals surface area contributed by atoms with Crippen LogP contribution in [-0.2, 0) is 6.42 Å².